The minimum atomic E-state index is -2.49. The second-order valence-corrected chi connectivity index (χ2v) is 7.67. The van der Waals surface area contributed by atoms with Gasteiger partial charge in [-0.15, -0.1) is 0 Å². The number of piperazine rings is 1. The van der Waals surface area contributed by atoms with Gasteiger partial charge in [-0.05, 0) is 42.0 Å². The van der Waals surface area contributed by atoms with E-state index in [1.54, 1.807) is 29.0 Å². The fourth-order valence-corrected chi connectivity index (χ4v) is 3.69. The lowest BCUT2D eigenvalue weighted by molar-refractivity contribution is -0.131. The van der Waals surface area contributed by atoms with Crippen molar-refractivity contribution in [2.24, 2.45) is 0 Å². The van der Waals surface area contributed by atoms with Crippen LogP contribution in [-0.2, 0) is 11.2 Å². The van der Waals surface area contributed by atoms with Gasteiger partial charge in [-0.3, -0.25) is 9.59 Å². The van der Waals surface area contributed by atoms with Crippen molar-refractivity contribution >= 4 is 23.6 Å². The van der Waals surface area contributed by atoms with E-state index in [0.717, 1.165) is 5.56 Å². The molecule has 0 saturated carbocycles. The molecule has 0 aromatic heterocycles. The normalized spacial score (nSPS) is 14.2. The van der Waals surface area contributed by atoms with E-state index >= 15 is 0 Å². The maximum Gasteiger partial charge on any atom is 0.288 e. The molecule has 0 N–H and O–H groups in total. The van der Waals surface area contributed by atoms with Crippen LogP contribution in [0.2, 0.25) is 0 Å². The molecule has 0 bridgehead atoms. The lowest BCUT2D eigenvalue weighted by atomic mass is 10.1. The Balaban J connectivity index is 1.52. The molecule has 1 saturated heterocycles. The number of alkyl halides is 2. The third-order valence-electron chi connectivity index (χ3n) is 4.74. The summed E-state index contributed by atoms with van der Waals surface area (Å²) in [7, 11) is 1.59. The first-order valence-electron chi connectivity index (χ1n) is 9.21. The molecule has 1 aliphatic heterocycles. The Morgan fingerprint density at radius 1 is 1.03 bits per heavy atom. The number of thioether (sulfide) groups is 1. The largest absolute Gasteiger partial charge is 0.497 e. The summed E-state index contributed by atoms with van der Waals surface area (Å²) in [5.74, 6) is -1.92. The fourth-order valence-electron chi connectivity index (χ4n) is 3.19. The van der Waals surface area contributed by atoms with Gasteiger partial charge >= 0.3 is 0 Å². The first kappa shape index (κ1) is 21.1. The van der Waals surface area contributed by atoms with E-state index in [0.29, 0.717) is 54.1 Å². The Labute approximate surface area is 172 Å². The summed E-state index contributed by atoms with van der Waals surface area (Å²) in [5, 5.41) is 0. The van der Waals surface area contributed by atoms with Crippen LogP contribution in [0.5, 0.6) is 5.75 Å². The van der Waals surface area contributed by atoms with Gasteiger partial charge in [-0.1, -0.05) is 23.9 Å². The highest BCUT2D eigenvalue weighted by Gasteiger charge is 2.25. The van der Waals surface area contributed by atoms with Crippen molar-refractivity contribution in [2.75, 3.05) is 33.3 Å². The van der Waals surface area contributed by atoms with Crippen molar-refractivity contribution < 1.29 is 23.1 Å². The van der Waals surface area contributed by atoms with Crippen LogP contribution in [0.15, 0.2) is 53.4 Å². The van der Waals surface area contributed by atoms with Crippen LogP contribution >= 0.6 is 11.8 Å². The number of amides is 2. The predicted molar refractivity (Wildman–Crippen MR) is 107 cm³/mol. The number of halogens is 2. The fraction of sp³-hybridized carbons (Fsp3) is 0.333. The van der Waals surface area contributed by atoms with Crippen molar-refractivity contribution in [3.05, 3.63) is 59.7 Å². The molecule has 0 atom stereocenters. The molecular formula is C21H22F2N2O3S. The molecule has 2 aromatic rings. The molecule has 1 heterocycles. The standard InChI is InChI=1S/C21H22F2N2O3S/c1-28-17-4-2-3-15(13-17)14-19(26)24-9-11-25(12-10-24)20(27)16-5-7-18(8-6-16)29-21(22)23/h2-8,13,21H,9-12,14H2,1H3. The minimum Gasteiger partial charge on any atom is -0.497 e. The second-order valence-electron chi connectivity index (χ2n) is 6.60. The van der Waals surface area contributed by atoms with E-state index in [1.165, 1.54) is 12.1 Å². The van der Waals surface area contributed by atoms with E-state index in [4.69, 9.17) is 4.74 Å². The summed E-state index contributed by atoms with van der Waals surface area (Å²) in [6.45, 7) is 1.81. The molecular weight excluding hydrogens is 398 g/mol. The van der Waals surface area contributed by atoms with Crippen molar-refractivity contribution in [3.63, 3.8) is 0 Å². The highest BCUT2D eigenvalue weighted by atomic mass is 32.2. The Bertz CT molecular complexity index is 853. The molecule has 3 rings (SSSR count). The van der Waals surface area contributed by atoms with E-state index < -0.39 is 5.76 Å². The third kappa shape index (κ3) is 5.69. The predicted octanol–water partition coefficient (Wildman–Crippen LogP) is 3.54. The summed E-state index contributed by atoms with van der Waals surface area (Å²) < 4.78 is 30.0. The lowest BCUT2D eigenvalue weighted by Crippen LogP contribution is -2.51. The SMILES string of the molecule is COc1cccc(CC(=O)N2CCN(C(=O)c3ccc(SC(F)F)cc3)CC2)c1. The molecule has 0 unspecified atom stereocenters. The summed E-state index contributed by atoms with van der Waals surface area (Å²) in [6.07, 6.45) is 0.286. The highest BCUT2D eigenvalue weighted by Crippen LogP contribution is 2.25. The molecule has 2 amide bonds. The second kappa shape index (κ2) is 9.73. The van der Waals surface area contributed by atoms with Crippen LogP contribution in [0.25, 0.3) is 0 Å². The number of carbonyl (C=O) groups is 2. The van der Waals surface area contributed by atoms with E-state index in [2.05, 4.69) is 0 Å². The molecule has 29 heavy (non-hydrogen) atoms. The number of benzene rings is 2. The minimum absolute atomic E-state index is 0.0127. The van der Waals surface area contributed by atoms with Gasteiger partial charge in [0.1, 0.15) is 5.75 Å². The molecule has 1 aliphatic rings. The number of rotatable bonds is 6. The summed E-state index contributed by atoms with van der Waals surface area (Å²) >= 11 is 0.451. The zero-order valence-electron chi connectivity index (χ0n) is 16.0. The number of nitrogens with zero attached hydrogens (tertiary/aromatic N) is 2. The number of hydrogen-bond donors (Lipinski definition) is 0. The molecule has 0 aliphatic carbocycles. The topological polar surface area (TPSA) is 49.9 Å². The molecule has 0 spiro atoms. The molecule has 2 aromatic carbocycles. The smallest absolute Gasteiger partial charge is 0.288 e. The summed E-state index contributed by atoms with van der Waals surface area (Å²) in [4.78, 5) is 29.0. The van der Waals surface area contributed by atoms with Crippen molar-refractivity contribution in [1.29, 1.82) is 0 Å². The van der Waals surface area contributed by atoms with Gasteiger partial charge in [0.2, 0.25) is 5.91 Å². The zero-order valence-corrected chi connectivity index (χ0v) is 16.8. The maximum absolute atomic E-state index is 12.6. The highest BCUT2D eigenvalue weighted by molar-refractivity contribution is 7.99. The van der Waals surface area contributed by atoms with Crippen LogP contribution < -0.4 is 4.74 Å². The molecule has 154 valence electrons. The number of ether oxygens (including phenoxy) is 1. The zero-order chi connectivity index (χ0) is 20.8. The van der Waals surface area contributed by atoms with Crippen molar-refractivity contribution in [1.82, 2.24) is 9.80 Å². The first-order valence-corrected chi connectivity index (χ1v) is 10.1. The molecule has 1 fully saturated rings. The van der Waals surface area contributed by atoms with Gasteiger partial charge in [0.05, 0.1) is 13.5 Å². The van der Waals surface area contributed by atoms with E-state index in [1.807, 2.05) is 24.3 Å². The molecule has 5 nitrogen and oxygen atoms in total. The first-order chi connectivity index (χ1) is 14.0. The van der Waals surface area contributed by atoms with Crippen molar-refractivity contribution in [2.45, 2.75) is 17.1 Å². The van der Waals surface area contributed by atoms with Crippen LogP contribution in [0.3, 0.4) is 0 Å². The monoisotopic (exact) mass is 420 g/mol. The molecule has 8 heteroatoms. The van der Waals surface area contributed by atoms with E-state index in [-0.39, 0.29) is 18.2 Å². The Morgan fingerprint density at radius 3 is 2.31 bits per heavy atom. The average Bonchev–Trinajstić information content (AvgIpc) is 2.73. The van der Waals surface area contributed by atoms with E-state index in [9.17, 15) is 18.4 Å². The Morgan fingerprint density at radius 2 is 1.69 bits per heavy atom. The summed E-state index contributed by atoms with van der Waals surface area (Å²) in [5.41, 5.74) is 1.34. The van der Waals surface area contributed by atoms with Crippen LogP contribution in [0.4, 0.5) is 8.78 Å². The van der Waals surface area contributed by atoms with Gasteiger partial charge in [-0.2, -0.15) is 8.78 Å². The van der Waals surface area contributed by atoms with Gasteiger partial charge in [0.25, 0.3) is 11.7 Å². The number of hydrogen-bond acceptors (Lipinski definition) is 4. The Kier molecular flexibility index (Phi) is 7.09. The van der Waals surface area contributed by atoms with Crippen LogP contribution in [0.1, 0.15) is 15.9 Å². The number of carbonyl (C=O) groups excluding carboxylic acids is 2. The van der Waals surface area contributed by atoms with Crippen LogP contribution in [-0.4, -0.2) is 60.7 Å². The average molecular weight is 420 g/mol. The summed E-state index contributed by atoms with van der Waals surface area (Å²) in [6, 6.07) is 13.6. The number of methoxy groups -OCH3 is 1. The Hall–Kier alpha value is -2.61. The maximum atomic E-state index is 12.6. The van der Waals surface area contributed by atoms with Gasteiger partial charge in [0.15, 0.2) is 0 Å². The third-order valence-corrected chi connectivity index (χ3v) is 5.46. The van der Waals surface area contributed by atoms with Crippen LogP contribution in [0, 0.1) is 0 Å². The molecule has 0 radical (unpaired) electrons. The lowest BCUT2D eigenvalue weighted by Gasteiger charge is -2.35. The van der Waals surface area contributed by atoms with Gasteiger partial charge in [0, 0.05) is 36.6 Å². The van der Waals surface area contributed by atoms with Gasteiger partial charge in [-0.25, -0.2) is 0 Å². The quantitative estimate of drug-likeness (QED) is 0.671. The van der Waals surface area contributed by atoms with Crippen molar-refractivity contribution in [3.8, 4) is 5.75 Å². The van der Waals surface area contributed by atoms with Gasteiger partial charge < -0.3 is 14.5 Å².